The van der Waals surface area contributed by atoms with E-state index in [0.717, 1.165) is 25.7 Å². The molecule has 3 amide bonds. The lowest BCUT2D eigenvalue weighted by atomic mass is 9.83. The van der Waals surface area contributed by atoms with Crippen molar-refractivity contribution in [3.05, 3.63) is 23.3 Å². The maximum absolute atomic E-state index is 13.6. The first kappa shape index (κ1) is 30.7. The van der Waals surface area contributed by atoms with E-state index < -0.39 is 23.8 Å². The van der Waals surface area contributed by atoms with Crippen LogP contribution in [0, 0.1) is 5.92 Å². The van der Waals surface area contributed by atoms with E-state index in [1.807, 2.05) is 9.80 Å². The largest absolute Gasteiger partial charge is 0.481 e. The van der Waals surface area contributed by atoms with Crippen LogP contribution in [0.4, 0.5) is 0 Å². The second-order valence-electron chi connectivity index (χ2n) is 11.0. The lowest BCUT2D eigenvalue weighted by Crippen LogP contribution is -2.46. The van der Waals surface area contributed by atoms with Gasteiger partial charge in [-0.15, -0.1) is 0 Å². The Morgan fingerprint density at radius 2 is 1.83 bits per heavy atom. The Hall–Kier alpha value is -3.22. The maximum Gasteiger partial charge on any atom is 0.308 e. The number of nitrogens with two attached hydrogens (primary N) is 1. The van der Waals surface area contributed by atoms with E-state index in [1.54, 1.807) is 12.1 Å². The molecule has 3 atom stereocenters. The number of carbonyl (C=O) groups excluding carboxylic acids is 3. The van der Waals surface area contributed by atoms with Crippen LogP contribution in [0.2, 0.25) is 0 Å². The molecule has 0 bridgehead atoms. The number of unbranched alkanes of at least 4 members (excludes halogenated alkanes) is 2. The monoisotopic (exact) mass is 574 g/mol. The van der Waals surface area contributed by atoms with Gasteiger partial charge in [0.25, 0.3) is 0 Å². The molecule has 1 aromatic carbocycles. The predicted octanol–water partition coefficient (Wildman–Crippen LogP) is 1.28. The number of hydrogen-bond donors (Lipinski definition) is 3. The number of hydrogen-bond acceptors (Lipinski definition) is 9. The van der Waals surface area contributed by atoms with E-state index in [4.69, 9.17) is 15.2 Å². The van der Waals surface area contributed by atoms with Crippen LogP contribution in [-0.2, 0) is 25.8 Å². The minimum atomic E-state index is -1.02. The van der Waals surface area contributed by atoms with Crippen molar-refractivity contribution in [3.63, 3.8) is 0 Å². The van der Waals surface area contributed by atoms with Crippen molar-refractivity contribution >= 4 is 23.7 Å². The molecule has 0 radical (unpaired) electrons. The number of fused-ring (bicyclic) bond motifs is 1. The molecule has 0 spiro atoms. The summed E-state index contributed by atoms with van der Waals surface area (Å²) < 4.78 is 11.0. The highest BCUT2D eigenvalue weighted by Gasteiger charge is 2.48. The smallest absolute Gasteiger partial charge is 0.308 e. The highest BCUT2D eigenvalue weighted by Crippen LogP contribution is 2.44. The van der Waals surface area contributed by atoms with Crippen molar-refractivity contribution in [2.24, 2.45) is 11.7 Å². The number of aliphatic hydroxyl groups is 1. The maximum atomic E-state index is 13.6. The Morgan fingerprint density at radius 3 is 2.49 bits per heavy atom. The first-order valence-electron chi connectivity index (χ1n) is 14.6. The zero-order valence-corrected chi connectivity index (χ0v) is 23.8. The Morgan fingerprint density at radius 1 is 1.10 bits per heavy atom. The molecule has 0 aromatic heterocycles. The molecule has 12 nitrogen and oxygen atoms in total. The molecule has 0 saturated carbocycles. The number of benzene rings is 1. The highest BCUT2D eigenvalue weighted by molar-refractivity contribution is 6.01. The standard InChI is InChI=1S/C29H42N4O8/c1-2-3-10-31(11-5-4-9-30)26(37)16-32-15-21(19-13-20(17-34)28-23(14-19)40-18-41-28)27(29(38)39)22(32)8-12-33-24(35)6-7-25(33)36/h13-14,21-22,27,34H,2-12,15-18,30H2,1H3,(H,38,39)/t21-,22+,27-/m1/s1. The van der Waals surface area contributed by atoms with Gasteiger partial charge in [-0.25, -0.2) is 0 Å². The summed E-state index contributed by atoms with van der Waals surface area (Å²) in [4.78, 5) is 55.9. The van der Waals surface area contributed by atoms with Gasteiger partial charge in [-0.05, 0) is 49.9 Å². The van der Waals surface area contributed by atoms with Crippen molar-refractivity contribution < 1.29 is 38.9 Å². The number of carboxylic acid groups (broad SMARTS) is 1. The average molecular weight is 575 g/mol. The van der Waals surface area contributed by atoms with Gasteiger partial charge in [-0.1, -0.05) is 13.3 Å². The van der Waals surface area contributed by atoms with Gasteiger partial charge in [0.05, 0.1) is 19.1 Å². The summed E-state index contributed by atoms with van der Waals surface area (Å²) in [5.41, 5.74) is 6.84. The van der Waals surface area contributed by atoms with E-state index in [-0.39, 0.29) is 70.0 Å². The van der Waals surface area contributed by atoms with Gasteiger partial charge in [0, 0.05) is 56.5 Å². The minimum Gasteiger partial charge on any atom is -0.481 e. The second kappa shape index (κ2) is 14.1. The lowest BCUT2D eigenvalue weighted by molar-refractivity contribution is -0.144. The summed E-state index contributed by atoms with van der Waals surface area (Å²) in [6.45, 7) is 3.92. The van der Waals surface area contributed by atoms with Crippen LogP contribution in [0.25, 0.3) is 0 Å². The topological polar surface area (TPSA) is 163 Å². The average Bonchev–Trinajstić information content (AvgIpc) is 3.66. The number of carboxylic acids is 1. The summed E-state index contributed by atoms with van der Waals surface area (Å²) in [7, 11) is 0. The Bertz CT molecular complexity index is 1110. The van der Waals surface area contributed by atoms with E-state index >= 15 is 0 Å². The van der Waals surface area contributed by atoms with Crippen LogP contribution in [0.15, 0.2) is 12.1 Å². The minimum absolute atomic E-state index is 0.0116. The number of imide groups is 1. The predicted molar refractivity (Wildman–Crippen MR) is 148 cm³/mol. The molecule has 226 valence electrons. The molecule has 3 aliphatic rings. The lowest BCUT2D eigenvalue weighted by Gasteiger charge is -2.30. The number of amides is 3. The fraction of sp³-hybridized carbons (Fsp3) is 0.655. The second-order valence-corrected chi connectivity index (χ2v) is 11.0. The van der Waals surface area contributed by atoms with E-state index in [2.05, 4.69) is 6.92 Å². The van der Waals surface area contributed by atoms with Crippen LogP contribution in [-0.4, -0.2) is 101 Å². The van der Waals surface area contributed by atoms with Gasteiger partial charge in [-0.2, -0.15) is 0 Å². The number of aliphatic carboxylic acids is 1. The van der Waals surface area contributed by atoms with Crippen LogP contribution >= 0.6 is 0 Å². The van der Waals surface area contributed by atoms with Crippen LogP contribution < -0.4 is 15.2 Å². The Labute approximate surface area is 240 Å². The van der Waals surface area contributed by atoms with Gasteiger partial charge in [0.15, 0.2) is 11.5 Å². The van der Waals surface area contributed by atoms with Gasteiger partial charge in [0.1, 0.15) is 0 Å². The number of likely N-dealkylation sites (tertiary alicyclic amines) is 2. The third-order valence-electron chi connectivity index (χ3n) is 8.36. The molecule has 0 unspecified atom stereocenters. The van der Waals surface area contributed by atoms with Crippen LogP contribution in [0.5, 0.6) is 11.5 Å². The summed E-state index contributed by atoms with van der Waals surface area (Å²) in [5, 5.41) is 20.4. The number of ether oxygens (including phenoxy) is 2. The van der Waals surface area contributed by atoms with Crippen molar-refractivity contribution in [3.8, 4) is 11.5 Å². The zero-order valence-electron chi connectivity index (χ0n) is 23.8. The molecule has 0 aliphatic carbocycles. The molecule has 4 rings (SSSR count). The summed E-state index contributed by atoms with van der Waals surface area (Å²) in [6, 6.07) is 2.89. The highest BCUT2D eigenvalue weighted by atomic mass is 16.7. The number of aliphatic hydroxyl groups excluding tert-OH is 1. The normalized spacial score (nSPS) is 22.1. The Balaban J connectivity index is 1.62. The van der Waals surface area contributed by atoms with Gasteiger partial charge in [-0.3, -0.25) is 29.0 Å². The SMILES string of the molecule is CCCCN(CCCCN)C(=O)CN1C[C@H](c2cc(CO)c3c(c2)OCO3)[C@@H](C(=O)O)[C@@H]1CCN1C(=O)CCC1=O. The third kappa shape index (κ3) is 6.99. The molecule has 3 aliphatic heterocycles. The zero-order chi connectivity index (χ0) is 29.5. The fourth-order valence-electron chi connectivity index (χ4n) is 6.19. The van der Waals surface area contributed by atoms with Gasteiger partial charge in [0.2, 0.25) is 24.5 Å². The molecule has 4 N–H and O–H groups in total. The summed E-state index contributed by atoms with van der Waals surface area (Å²) >= 11 is 0. The third-order valence-corrected chi connectivity index (χ3v) is 8.36. The molecular weight excluding hydrogens is 532 g/mol. The molecule has 2 saturated heterocycles. The first-order chi connectivity index (χ1) is 19.8. The number of nitrogens with zero attached hydrogens (tertiary/aromatic N) is 3. The van der Waals surface area contributed by atoms with Crippen molar-refractivity contribution in [2.75, 3.05) is 46.1 Å². The van der Waals surface area contributed by atoms with E-state index in [0.29, 0.717) is 42.3 Å². The quantitative estimate of drug-likeness (QED) is 0.205. The summed E-state index contributed by atoms with van der Waals surface area (Å²) in [6.07, 6.45) is 3.94. The molecule has 2 fully saturated rings. The van der Waals surface area contributed by atoms with Gasteiger partial charge >= 0.3 is 5.97 Å². The number of carbonyl (C=O) groups is 4. The number of rotatable bonds is 15. The van der Waals surface area contributed by atoms with Crippen molar-refractivity contribution in [2.45, 2.75) is 70.4 Å². The summed E-state index contributed by atoms with van der Waals surface area (Å²) in [5.74, 6) is -2.16. The Kier molecular flexibility index (Phi) is 10.6. The first-order valence-corrected chi connectivity index (χ1v) is 14.6. The fourth-order valence-corrected chi connectivity index (χ4v) is 6.19. The van der Waals surface area contributed by atoms with Crippen LogP contribution in [0.3, 0.4) is 0 Å². The van der Waals surface area contributed by atoms with Gasteiger partial charge < -0.3 is 30.3 Å². The van der Waals surface area contributed by atoms with Crippen molar-refractivity contribution in [1.82, 2.24) is 14.7 Å². The van der Waals surface area contributed by atoms with Crippen LogP contribution in [0.1, 0.15) is 68.9 Å². The molecular formula is C29H42N4O8. The molecule has 3 heterocycles. The van der Waals surface area contributed by atoms with E-state index in [9.17, 15) is 29.4 Å². The van der Waals surface area contributed by atoms with Crippen molar-refractivity contribution in [1.29, 1.82) is 0 Å². The molecule has 41 heavy (non-hydrogen) atoms. The molecule has 12 heteroatoms. The molecule has 1 aromatic rings. The van der Waals surface area contributed by atoms with E-state index in [1.165, 1.54) is 4.90 Å².